The first kappa shape index (κ1) is 19.7. The Morgan fingerprint density at radius 3 is 2.48 bits per heavy atom. The van der Waals surface area contributed by atoms with Crippen molar-refractivity contribution in [3.05, 3.63) is 11.6 Å². The summed E-state index contributed by atoms with van der Waals surface area (Å²) in [6, 6.07) is -0.405. The van der Waals surface area contributed by atoms with Crippen molar-refractivity contribution in [2.75, 3.05) is 0 Å². The Kier molecular flexibility index (Phi) is 4.34. The van der Waals surface area contributed by atoms with E-state index >= 15 is 0 Å². The normalized spacial score (nSPS) is 52.1. The van der Waals surface area contributed by atoms with Crippen molar-refractivity contribution in [3.63, 3.8) is 0 Å². The molecule has 0 aromatic carbocycles. The van der Waals surface area contributed by atoms with Gasteiger partial charge in [-0.1, -0.05) is 25.5 Å². The molecule has 6 nitrogen and oxygen atoms in total. The van der Waals surface area contributed by atoms with Gasteiger partial charge in [-0.15, -0.1) is 0 Å². The highest BCUT2D eigenvalue weighted by atomic mass is 16.3. The van der Waals surface area contributed by atoms with Crippen LogP contribution in [0.3, 0.4) is 0 Å². The summed E-state index contributed by atoms with van der Waals surface area (Å²) in [4.78, 5) is 26.7. The number of hydrogen-bond donors (Lipinski definition) is 3. The molecule has 1 aliphatic heterocycles. The molecule has 5 aliphatic rings. The fourth-order valence-corrected chi connectivity index (χ4v) is 8.01. The Morgan fingerprint density at radius 1 is 1.03 bits per heavy atom. The van der Waals surface area contributed by atoms with Crippen LogP contribution < -0.4 is 0 Å². The Labute approximate surface area is 172 Å². The first-order chi connectivity index (χ1) is 13.7. The first-order valence-corrected chi connectivity index (χ1v) is 11.3. The molecule has 2 unspecified atom stereocenters. The zero-order valence-electron chi connectivity index (χ0n) is 17.4. The molecule has 2 amide bonds. The van der Waals surface area contributed by atoms with E-state index in [-0.39, 0.29) is 29.3 Å². The fraction of sp³-hybridized carbons (Fsp3) is 0.826. The van der Waals surface area contributed by atoms with Crippen molar-refractivity contribution in [2.45, 2.75) is 89.6 Å². The van der Waals surface area contributed by atoms with Crippen LogP contribution in [0.15, 0.2) is 11.6 Å². The number of likely N-dealkylation sites (tertiary alicyclic amines) is 1. The van der Waals surface area contributed by atoms with E-state index in [1.165, 1.54) is 10.5 Å². The Bertz CT molecular complexity index is 779. The molecule has 0 radical (unpaired) electrons. The highest BCUT2D eigenvalue weighted by molar-refractivity contribution is 6.05. The van der Waals surface area contributed by atoms with Crippen LogP contribution in [0.25, 0.3) is 0 Å². The molecule has 0 aromatic heterocycles. The van der Waals surface area contributed by atoms with Crippen LogP contribution in [0.1, 0.15) is 65.2 Å². The first-order valence-electron chi connectivity index (χ1n) is 11.3. The Morgan fingerprint density at radius 2 is 1.79 bits per heavy atom. The van der Waals surface area contributed by atoms with Gasteiger partial charge >= 0.3 is 0 Å². The molecule has 29 heavy (non-hydrogen) atoms. The van der Waals surface area contributed by atoms with Crippen molar-refractivity contribution in [1.82, 2.24) is 4.90 Å². The summed E-state index contributed by atoms with van der Waals surface area (Å²) in [5.41, 5.74) is 0.765. The van der Waals surface area contributed by atoms with Crippen LogP contribution >= 0.6 is 0 Å². The van der Waals surface area contributed by atoms with Gasteiger partial charge in [-0.25, -0.2) is 0 Å². The predicted molar refractivity (Wildman–Crippen MR) is 105 cm³/mol. The van der Waals surface area contributed by atoms with E-state index in [4.69, 9.17) is 0 Å². The number of imide groups is 1. The molecular weight excluding hydrogens is 370 g/mol. The molecule has 4 aliphatic carbocycles. The second-order valence-electron chi connectivity index (χ2n) is 10.7. The number of rotatable bonds is 1. The highest BCUT2D eigenvalue weighted by Crippen LogP contribution is 2.65. The summed E-state index contributed by atoms with van der Waals surface area (Å²) in [5.74, 6) is 0.376. The van der Waals surface area contributed by atoms with Gasteiger partial charge < -0.3 is 15.3 Å². The van der Waals surface area contributed by atoms with Crippen LogP contribution in [0.5, 0.6) is 0 Å². The molecule has 0 spiro atoms. The van der Waals surface area contributed by atoms with Gasteiger partial charge in [-0.3, -0.25) is 14.5 Å². The topological polar surface area (TPSA) is 98.1 Å². The quantitative estimate of drug-likeness (QED) is 0.458. The van der Waals surface area contributed by atoms with E-state index in [0.717, 1.165) is 32.1 Å². The second-order valence-corrected chi connectivity index (χ2v) is 10.7. The molecule has 1 heterocycles. The van der Waals surface area contributed by atoms with E-state index in [1.807, 2.05) is 0 Å². The van der Waals surface area contributed by atoms with E-state index in [1.54, 1.807) is 0 Å². The van der Waals surface area contributed by atoms with Gasteiger partial charge in [0.15, 0.2) is 0 Å². The standard InChI is InChI=1S/C23H33NO5/c1-22-8-7-16-14(15(22)5-6-19(22)27)4-3-12-9-13(25)10-18(23(12,16)2)24-20(28)11-17(26)21(24)29/h3,13-19,25-27H,4-11H2,1-2H3/t13-,14+,15+,16+,17?,18?,19+,22+,23+/m1/s1. The van der Waals surface area contributed by atoms with Crippen molar-refractivity contribution >= 4 is 11.8 Å². The van der Waals surface area contributed by atoms with Crippen molar-refractivity contribution in [2.24, 2.45) is 28.6 Å². The van der Waals surface area contributed by atoms with E-state index in [0.29, 0.717) is 30.6 Å². The summed E-state index contributed by atoms with van der Waals surface area (Å²) in [5, 5.41) is 31.2. The van der Waals surface area contributed by atoms with Gasteiger partial charge in [0.25, 0.3) is 5.91 Å². The molecule has 6 heteroatoms. The summed E-state index contributed by atoms with van der Waals surface area (Å²) >= 11 is 0. The highest BCUT2D eigenvalue weighted by Gasteiger charge is 2.62. The molecule has 3 saturated carbocycles. The fourth-order valence-electron chi connectivity index (χ4n) is 8.01. The zero-order chi connectivity index (χ0) is 20.7. The lowest BCUT2D eigenvalue weighted by Gasteiger charge is -2.60. The monoisotopic (exact) mass is 403 g/mol. The van der Waals surface area contributed by atoms with Crippen molar-refractivity contribution in [1.29, 1.82) is 0 Å². The van der Waals surface area contributed by atoms with E-state index in [2.05, 4.69) is 19.9 Å². The number of carbonyl (C=O) groups is 2. The summed E-state index contributed by atoms with van der Waals surface area (Å²) in [6.45, 7) is 4.42. The number of hydrogen-bond acceptors (Lipinski definition) is 5. The van der Waals surface area contributed by atoms with Gasteiger partial charge in [0.2, 0.25) is 5.91 Å². The van der Waals surface area contributed by atoms with Crippen LogP contribution in [-0.4, -0.2) is 56.4 Å². The average molecular weight is 404 g/mol. The maximum atomic E-state index is 12.7. The number of fused-ring (bicyclic) bond motifs is 5. The lowest BCUT2D eigenvalue weighted by molar-refractivity contribution is -0.153. The van der Waals surface area contributed by atoms with E-state index in [9.17, 15) is 24.9 Å². The summed E-state index contributed by atoms with van der Waals surface area (Å²) < 4.78 is 0. The number of aliphatic hydroxyl groups excluding tert-OH is 3. The maximum Gasteiger partial charge on any atom is 0.258 e. The predicted octanol–water partition coefficient (Wildman–Crippen LogP) is 1.77. The molecule has 1 saturated heterocycles. The van der Waals surface area contributed by atoms with Crippen LogP contribution in [0, 0.1) is 28.6 Å². The van der Waals surface area contributed by atoms with Gasteiger partial charge in [0.1, 0.15) is 6.10 Å². The molecule has 3 N–H and O–H groups in total. The number of carbonyl (C=O) groups excluding carboxylic acids is 2. The third kappa shape index (κ3) is 2.52. The SMILES string of the molecule is C[C@]12CC[C@H]3[C@@H](CC=C4C[C@@H](O)CC(N5C(=O)CC(O)C5=O)[C@@]43C)[C@@H]1CC[C@@H]2O. The minimum atomic E-state index is -1.25. The third-order valence-electron chi connectivity index (χ3n) is 9.60. The summed E-state index contributed by atoms with van der Waals surface area (Å²) in [6.07, 6.45) is 5.78. The number of amides is 2. The average Bonchev–Trinajstić information content (AvgIpc) is 3.10. The lowest BCUT2D eigenvalue weighted by atomic mass is 9.46. The summed E-state index contributed by atoms with van der Waals surface area (Å²) in [7, 11) is 0. The Hall–Kier alpha value is -1.24. The second kappa shape index (κ2) is 6.38. The molecular formula is C23H33NO5. The van der Waals surface area contributed by atoms with Crippen LogP contribution in [-0.2, 0) is 9.59 Å². The van der Waals surface area contributed by atoms with Gasteiger partial charge in [0.05, 0.1) is 24.7 Å². The third-order valence-corrected chi connectivity index (χ3v) is 9.60. The smallest absolute Gasteiger partial charge is 0.258 e. The van der Waals surface area contributed by atoms with Gasteiger partial charge in [-0.05, 0) is 68.1 Å². The van der Waals surface area contributed by atoms with E-state index < -0.39 is 24.2 Å². The van der Waals surface area contributed by atoms with Crippen LogP contribution in [0.2, 0.25) is 0 Å². The van der Waals surface area contributed by atoms with Gasteiger partial charge in [0, 0.05) is 5.41 Å². The van der Waals surface area contributed by atoms with Crippen molar-refractivity contribution < 1.29 is 24.9 Å². The molecule has 5 rings (SSSR count). The minimum Gasteiger partial charge on any atom is -0.393 e. The minimum absolute atomic E-state index is 0.0397. The molecule has 160 valence electrons. The van der Waals surface area contributed by atoms with Crippen molar-refractivity contribution in [3.8, 4) is 0 Å². The number of allylic oxidation sites excluding steroid dienone is 1. The van der Waals surface area contributed by atoms with Crippen LogP contribution in [0.4, 0.5) is 0 Å². The number of aliphatic hydroxyl groups is 3. The Balaban J connectivity index is 1.56. The number of nitrogens with zero attached hydrogens (tertiary/aromatic N) is 1. The molecule has 0 aromatic rings. The largest absolute Gasteiger partial charge is 0.393 e. The molecule has 9 atom stereocenters. The van der Waals surface area contributed by atoms with Gasteiger partial charge in [-0.2, -0.15) is 0 Å². The maximum absolute atomic E-state index is 12.7. The molecule has 0 bridgehead atoms. The molecule has 4 fully saturated rings. The lowest BCUT2D eigenvalue weighted by Crippen LogP contribution is -2.61. The zero-order valence-corrected chi connectivity index (χ0v) is 17.4.